The molecule has 1 nitrogen and oxygen atoms in total. The molecule has 2 atom stereocenters. The first kappa shape index (κ1) is 9.25. The van der Waals surface area contributed by atoms with Gasteiger partial charge in [-0.15, -0.1) is 11.6 Å². The van der Waals surface area contributed by atoms with Crippen molar-refractivity contribution in [3.8, 4) is 0 Å². The number of benzene rings is 1. The highest BCUT2D eigenvalue weighted by atomic mass is 79.9. The fourth-order valence-electron chi connectivity index (χ4n) is 1.43. The Kier molecular flexibility index (Phi) is 2.22. The van der Waals surface area contributed by atoms with Gasteiger partial charge in [-0.1, -0.05) is 36.4 Å². The van der Waals surface area contributed by atoms with Crippen LogP contribution in [0.2, 0.25) is 0 Å². The van der Waals surface area contributed by atoms with Crippen molar-refractivity contribution in [2.75, 3.05) is 0 Å². The van der Waals surface area contributed by atoms with E-state index in [1.807, 2.05) is 30.3 Å². The van der Waals surface area contributed by atoms with E-state index in [9.17, 15) is 5.11 Å². The number of halogens is 2. The third-order valence-electron chi connectivity index (χ3n) is 2.15. The predicted molar refractivity (Wildman–Crippen MR) is 57.9 cm³/mol. The Morgan fingerprint density at radius 1 is 1.38 bits per heavy atom. The molecule has 0 spiro atoms. The normalized spacial score (nSPS) is 31.5. The topological polar surface area (TPSA) is 20.2 Å². The van der Waals surface area contributed by atoms with Crippen molar-refractivity contribution >= 4 is 33.6 Å². The Labute approximate surface area is 90.2 Å². The first-order chi connectivity index (χ1) is 6.12. The minimum Gasteiger partial charge on any atom is -0.373 e. The van der Waals surface area contributed by atoms with Crippen LogP contribution in [0.1, 0.15) is 11.1 Å². The van der Waals surface area contributed by atoms with E-state index in [1.165, 1.54) is 0 Å². The van der Waals surface area contributed by atoms with E-state index >= 15 is 0 Å². The van der Waals surface area contributed by atoms with Crippen molar-refractivity contribution in [3.05, 3.63) is 41.5 Å². The zero-order chi connectivity index (χ0) is 9.47. The Morgan fingerprint density at radius 2 is 2.08 bits per heavy atom. The lowest BCUT2D eigenvalue weighted by atomic mass is 9.94. The zero-order valence-corrected chi connectivity index (χ0v) is 9.09. The molecule has 0 saturated heterocycles. The minimum absolute atomic E-state index is 0.428. The molecule has 13 heavy (non-hydrogen) atoms. The molecule has 1 aliphatic rings. The second-order valence-corrected chi connectivity index (χ2v) is 4.70. The summed E-state index contributed by atoms with van der Waals surface area (Å²) >= 11 is 9.18. The molecule has 0 aromatic heterocycles. The van der Waals surface area contributed by atoms with E-state index in [-0.39, 0.29) is 0 Å². The first-order valence-corrected chi connectivity index (χ1v) is 5.18. The summed E-state index contributed by atoms with van der Waals surface area (Å²) in [5.74, 6) is 0. The van der Waals surface area contributed by atoms with Crippen LogP contribution in [0.15, 0.2) is 30.3 Å². The van der Waals surface area contributed by atoms with Gasteiger partial charge in [0.2, 0.25) is 0 Å². The van der Waals surface area contributed by atoms with E-state index in [1.54, 1.807) is 6.08 Å². The SMILES string of the molecule is OC1(Br)c2ccccc2C=CC1Cl. The lowest BCUT2D eigenvalue weighted by Gasteiger charge is -2.29. The van der Waals surface area contributed by atoms with E-state index in [0.29, 0.717) is 0 Å². The largest absolute Gasteiger partial charge is 0.373 e. The number of hydrogen-bond donors (Lipinski definition) is 1. The molecule has 3 heteroatoms. The fraction of sp³-hybridized carbons (Fsp3) is 0.200. The van der Waals surface area contributed by atoms with Crippen molar-refractivity contribution < 1.29 is 5.11 Å². The zero-order valence-electron chi connectivity index (χ0n) is 6.74. The highest BCUT2D eigenvalue weighted by Crippen LogP contribution is 2.41. The van der Waals surface area contributed by atoms with Crippen LogP contribution in [-0.2, 0) is 4.51 Å². The van der Waals surface area contributed by atoms with Crippen LogP contribution in [0, 0.1) is 0 Å². The summed E-state index contributed by atoms with van der Waals surface area (Å²) in [6.07, 6.45) is 3.70. The van der Waals surface area contributed by atoms with Gasteiger partial charge < -0.3 is 5.11 Å². The Balaban J connectivity index is 2.61. The summed E-state index contributed by atoms with van der Waals surface area (Å²) in [6, 6.07) is 7.62. The van der Waals surface area contributed by atoms with Gasteiger partial charge in [0.05, 0.1) is 5.38 Å². The van der Waals surface area contributed by atoms with Gasteiger partial charge in [0, 0.05) is 5.56 Å². The molecule has 2 unspecified atom stereocenters. The summed E-state index contributed by atoms with van der Waals surface area (Å²) in [6.45, 7) is 0. The molecule has 0 bridgehead atoms. The quantitative estimate of drug-likeness (QED) is 0.710. The number of rotatable bonds is 0. The maximum absolute atomic E-state index is 10.0. The van der Waals surface area contributed by atoms with Crippen molar-refractivity contribution in [2.45, 2.75) is 9.89 Å². The standard InChI is InChI=1S/C10H8BrClO/c11-10(13)8-4-2-1-3-7(8)5-6-9(10)12/h1-6,9,13H. The number of hydrogen-bond acceptors (Lipinski definition) is 1. The van der Waals surface area contributed by atoms with Gasteiger partial charge in [0.15, 0.2) is 4.51 Å². The molecule has 1 N–H and O–H groups in total. The van der Waals surface area contributed by atoms with Crippen molar-refractivity contribution in [2.24, 2.45) is 0 Å². The fourth-order valence-corrected chi connectivity index (χ4v) is 2.13. The molecule has 0 radical (unpaired) electrons. The summed E-state index contributed by atoms with van der Waals surface area (Å²) in [5.41, 5.74) is 1.82. The number of fused-ring (bicyclic) bond motifs is 1. The van der Waals surface area contributed by atoms with Crippen molar-refractivity contribution in [1.29, 1.82) is 0 Å². The van der Waals surface area contributed by atoms with Gasteiger partial charge in [-0.3, -0.25) is 0 Å². The van der Waals surface area contributed by atoms with E-state index in [2.05, 4.69) is 15.9 Å². The molecule has 0 heterocycles. The van der Waals surface area contributed by atoms with Crippen LogP contribution in [0.4, 0.5) is 0 Å². The van der Waals surface area contributed by atoms with Crippen LogP contribution in [0.25, 0.3) is 6.08 Å². The highest BCUT2D eigenvalue weighted by molar-refractivity contribution is 9.09. The second-order valence-electron chi connectivity index (χ2n) is 3.02. The molecule has 2 rings (SSSR count). The lowest BCUT2D eigenvalue weighted by molar-refractivity contribution is 0.151. The summed E-state index contributed by atoms with van der Waals surface area (Å²) < 4.78 is -1.14. The molecule has 1 aromatic carbocycles. The van der Waals surface area contributed by atoms with E-state index in [0.717, 1.165) is 11.1 Å². The van der Waals surface area contributed by atoms with Crippen LogP contribution in [0.3, 0.4) is 0 Å². The minimum atomic E-state index is -1.14. The molecule has 0 amide bonds. The summed E-state index contributed by atoms with van der Waals surface area (Å²) in [5, 5.41) is 9.60. The molecular formula is C10H8BrClO. The second kappa shape index (κ2) is 3.12. The van der Waals surface area contributed by atoms with Gasteiger partial charge in [-0.25, -0.2) is 0 Å². The van der Waals surface area contributed by atoms with Gasteiger partial charge in [0.1, 0.15) is 0 Å². The average molecular weight is 260 g/mol. The van der Waals surface area contributed by atoms with Gasteiger partial charge >= 0.3 is 0 Å². The number of aliphatic hydroxyl groups is 1. The highest BCUT2D eigenvalue weighted by Gasteiger charge is 2.36. The smallest absolute Gasteiger partial charge is 0.165 e. The maximum atomic E-state index is 10.0. The number of alkyl halides is 2. The Bertz CT molecular complexity index is 360. The van der Waals surface area contributed by atoms with Crippen molar-refractivity contribution in [3.63, 3.8) is 0 Å². The molecule has 68 valence electrons. The third-order valence-corrected chi connectivity index (χ3v) is 3.79. The van der Waals surface area contributed by atoms with Gasteiger partial charge in [-0.2, -0.15) is 0 Å². The van der Waals surface area contributed by atoms with Crippen LogP contribution < -0.4 is 0 Å². The van der Waals surface area contributed by atoms with Gasteiger partial charge in [0.25, 0.3) is 0 Å². The first-order valence-electron chi connectivity index (χ1n) is 3.95. The summed E-state index contributed by atoms with van der Waals surface area (Å²) in [7, 11) is 0. The Hall–Kier alpha value is -0.310. The molecule has 0 aliphatic heterocycles. The molecular weight excluding hydrogens is 251 g/mol. The molecule has 1 aliphatic carbocycles. The van der Waals surface area contributed by atoms with E-state index < -0.39 is 9.89 Å². The predicted octanol–water partition coefficient (Wildman–Crippen LogP) is 2.86. The van der Waals surface area contributed by atoms with Crippen LogP contribution >= 0.6 is 27.5 Å². The monoisotopic (exact) mass is 258 g/mol. The van der Waals surface area contributed by atoms with Crippen LogP contribution in [-0.4, -0.2) is 10.5 Å². The average Bonchev–Trinajstić information content (AvgIpc) is 2.13. The van der Waals surface area contributed by atoms with Crippen LogP contribution in [0.5, 0.6) is 0 Å². The molecule has 1 aromatic rings. The van der Waals surface area contributed by atoms with E-state index in [4.69, 9.17) is 11.6 Å². The third kappa shape index (κ3) is 1.43. The van der Waals surface area contributed by atoms with Crippen molar-refractivity contribution in [1.82, 2.24) is 0 Å². The lowest BCUT2D eigenvalue weighted by Crippen LogP contribution is -2.30. The maximum Gasteiger partial charge on any atom is 0.165 e. The Morgan fingerprint density at radius 3 is 2.85 bits per heavy atom. The molecule has 0 saturated carbocycles. The van der Waals surface area contributed by atoms with Gasteiger partial charge in [-0.05, 0) is 21.5 Å². The molecule has 0 fully saturated rings. The summed E-state index contributed by atoms with van der Waals surface area (Å²) in [4.78, 5) is 0.